The molecule has 4 heteroatoms. The van der Waals surface area contributed by atoms with Crippen molar-refractivity contribution in [1.29, 1.82) is 0 Å². The van der Waals surface area contributed by atoms with Crippen LogP contribution in [0.2, 0.25) is 0 Å². The van der Waals surface area contributed by atoms with Gasteiger partial charge in [-0.2, -0.15) is 0 Å². The first-order valence-corrected chi connectivity index (χ1v) is 5.27. The van der Waals surface area contributed by atoms with E-state index in [0.717, 1.165) is 17.3 Å². The molecule has 1 aromatic heterocycles. The first-order valence-electron chi connectivity index (χ1n) is 5.27. The van der Waals surface area contributed by atoms with Crippen molar-refractivity contribution in [1.82, 2.24) is 9.97 Å². The minimum absolute atomic E-state index is 0.389. The maximum absolute atomic E-state index is 4.36. The fourth-order valence-electron chi connectivity index (χ4n) is 1.25. The third-order valence-electron chi connectivity index (χ3n) is 2.35. The predicted octanol–water partition coefficient (Wildman–Crippen LogP) is 2.60. The summed E-state index contributed by atoms with van der Waals surface area (Å²) >= 11 is 0. The Balaban J connectivity index is 3.00. The molecule has 1 heterocycles. The smallest absolute Gasteiger partial charge is 0.156 e. The van der Waals surface area contributed by atoms with Gasteiger partial charge in [0.25, 0.3) is 0 Å². The van der Waals surface area contributed by atoms with E-state index in [1.165, 1.54) is 0 Å². The molecule has 0 aliphatic carbocycles. The summed E-state index contributed by atoms with van der Waals surface area (Å²) in [6, 6.07) is 0. The Labute approximate surface area is 96.8 Å². The van der Waals surface area contributed by atoms with E-state index in [2.05, 4.69) is 35.4 Å². The lowest BCUT2D eigenvalue weighted by Gasteiger charge is -2.17. The van der Waals surface area contributed by atoms with E-state index in [-0.39, 0.29) is 0 Å². The van der Waals surface area contributed by atoms with Crippen LogP contribution >= 0.6 is 0 Å². The van der Waals surface area contributed by atoms with Crippen LogP contribution < -0.4 is 4.90 Å². The summed E-state index contributed by atoms with van der Waals surface area (Å²) in [5.74, 6) is 1.96. The van der Waals surface area contributed by atoms with Crippen molar-refractivity contribution < 1.29 is 0 Å². The molecule has 16 heavy (non-hydrogen) atoms. The van der Waals surface area contributed by atoms with Gasteiger partial charge in [-0.15, -0.1) is 0 Å². The Kier molecular flexibility index (Phi) is 4.17. The van der Waals surface area contributed by atoms with Gasteiger partial charge in [-0.05, 0) is 12.8 Å². The van der Waals surface area contributed by atoms with Gasteiger partial charge in [0.1, 0.15) is 5.84 Å². The Morgan fingerprint density at radius 2 is 2.12 bits per heavy atom. The van der Waals surface area contributed by atoms with Crippen LogP contribution in [0, 0.1) is 0 Å². The van der Waals surface area contributed by atoms with Crippen LogP contribution in [-0.4, -0.2) is 22.9 Å². The number of aromatic nitrogens is 2. The summed E-state index contributed by atoms with van der Waals surface area (Å²) in [5.41, 5.74) is 0.985. The van der Waals surface area contributed by atoms with Gasteiger partial charge in [-0.1, -0.05) is 20.4 Å². The molecule has 0 amide bonds. The minimum Gasteiger partial charge on any atom is -0.289 e. The highest BCUT2D eigenvalue weighted by Gasteiger charge is 2.08. The van der Waals surface area contributed by atoms with E-state index in [4.69, 9.17) is 0 Å². The van der Waals surface area contributed by atoms with Gasteiger partial charge in [-0.3, -0.25) is 14.9 Å². The summed E-state index contributed by atoms with van der Waals surface area (Å²) in [7, 11) is 1.74. The first-order chi connectivity index (χ1) is 7.60. The standard InChI is InChI=1S/C12H18N4/c1-6-16(10(4)13-5)12-8-14-11(7-15-12)9(2)3/h6-9H,1H2,2-5H3. The van der Waals surface area contributed by atoms with Crippen LogP contribution in [0.15, 0.2) is 30.2 Å². The molecule has 0 aliphatic heterocycles. The highest BCUT2D eigenvalue weighted by Crippen LogP contribution is 2.14. The fraction of sp³-hybridized carbons (Fsp3) is 0.417. The highest BCUT2D eigenvalue weighted by atomic mass is 15.2. The molecule has 0 saturated heterocycles. The van der Waals surface area contributed by atoms with Crippen molar-refractivity contribution in [2.75, 3.05) is 11.9 Å². The van der Waals surface area contributed by atoms with Crippen LogP contribution in [0.4, 0.5) is 5.82 Å². The van der Waals surface area contributed by atoms with Crippen molar-refractivity contribution in [3.05, 3.63) is 30.9 Å². The maximum Gasteiger partial charge on any atom is 0.156 e. The Bertz CT molecular complexity index is 379. The van der Waals surface area contributed by atoms with E-state index in [1.807, 2.05) is 6.92 Å². The molecule has 0 bridgehead atoms. The van der Waals surface area contributed by atoms with E-state index in [0.29, 0.717) is 5.92 Å². The van der Waals surface area contributed by atoms with Crippen LogP contribution in [-0.2, 0) is 0 Å². The first kappa shape index (κ1) is 12.4. The molecule has 1 aromatic rings. The van der Waals surface area contributed by atoms with E-state index in [1.54, 1.807) is 30.5 Å². The van der Waals surface area contributed by atoms with Crippen molar-refractivity contribution >= 4 is 11.7 Å². The zero-order valence-corrected chi connectivity index (χ0v) is 10.3. The van der Waals surface area contributed by atoms with E-state index >= 15 is 0 Å². The second kappa shape index (κ2) is 5.39. The molecule has 0 fully saturated rings. The van der Waals surface area contributed by atoms with Gasteiger partial charge in [0.2, 0.25) is 0 Å². The van der Waals surface area contributed by atoms with Crippen molar-refractivity contribution in [3.63, 3.8) is 0 Å². The lowest BCUT2D eigenvalue weighted by atomic mass is 10.1. The molecular formula is C12H18N4. The lowest BCUT2D eigenvalue weighted by molar-refractivity contribution is 0.811. The lowest BCUT2D eigenvalue weighted by Crippen LogP contribution is -2.23. The third kappa shape index (κ3) is 2.66. The predicted molar refractivity (Wildman–Crippen MR) is 67.8 cm³/mol. The molecule has 0 aliphatic rings. The highest BCUT2D eigenvalue weighted by molar-refractivity contribution is 5.96. The van der Waals surface area contributed by atoms with Gasteiger partial charge < -0.3 is 0 Å². The zero-order chi connectivity index (χ0) is 12.1. The fourth-order valence-corrected chi connectivity index (χ4v) is 1.25. The van der Waals surface area contributed by atoms with Crippen LogP contribution in [0.5, 0.6) is 0 Å². The van der Waals surface area contributed by atoms with Gasteiger partial charge in [0, 0.05) is 13.2 Å². The van der Waals surface area contributed by atoms with Gasteiger partial charge >= 0.3 is 0 Å². The maximum atomic E-state index is 4.36. The van der Waals surface area contributed by atoms with E-state index < -0.39 is 0 Å². The van der Waals surface area contributed by atoms with Crippen molar-refractivity contribution in [2.45, 2.75) is 26.7 Å². The van der Waals surface area contributed by atoms with E-state index in [9.17, 15) is 0 Å². The molecule has 0 atom stereocenters. The zero-order valence-electron chi connectivity index (χ0n) is 10.3. The molecule has 0 radical (unpaired) electrons. The molecule has 4 nitrogen and oxygen atoms in total. The summed E-state index contributed by atoms with van der Waals surface area (Å²) in [6.07, 6.45) is 5.21. The number of amidine groups is 1. The largest absolute Gasteiger partial charge is 0.289 e. The van der Waals surface area contributed by atoms with Crippen molar-refractivity contribution in [2.24, 2.45) is 4.99 Å². The normalized spacial score (nSPS) is 11.7. The molecule has 0 aromatic carbocycles. The monoisotopic (exact) mass is 218 g/mol. The molecular weight excluding hydrogens is 200 g/mol. The summed E-state index contributed by atoms with van der Waals surface area (Å²) in [6.45, 7) is 9.83. The molecule has 0 spiro atoms. The quantitative estimate of drug-likeness (QED) is 0.578. The van der Waals surface area contributed by atoms with Crippen LogP contribution in [0.25, 0.3) is 0 Å². The summed E-state index contributed by atoms with van der Waals surface area (Å²) < 4.78 is 0. The number of aliphatic imine (C=N–C) groups is 1. The Hall–Kier alpha value is -1.71. The number of hydrogen-bond acceptors (Lipinski definition) is 3. The van der Waals surface area contributed by atoms with Crippen molar-refractivity contribution in [3.8, 4) is 0 Å². The summed E-state index contributed by atoms with van der Waals surface area (Å²) in [4.78, 5) is 14.6. The van der Waals surface area contributed by atoms with Gasteiger partial charge in [0.05, 0.1) is 18.1 Å². The van der Waals surface area contributed by atoms with Crippen LogP contribution in [0.3, 0.4) is 0 Å². The average molecular weight is 218 g/mol. The second-order valence-corrected chi connectivity index (χ2v) is 3.78. The number of hydrogen-bond donors (Lipinski definition) is 0. The topological polar surface area (TPSA) is 41.4 Å². The number of rotatable bonds is 3. The average Bonchev–Trinajstić information content (AvgIpc) is 2.30. The minimum atomic E-state index is 0.389. The molecule has 1 rings (SSSR count). The number of nitrogens with zero attached hydrogens (tertiary/aromatic N) is 4. The molecule has 0 unspecified atom stereocenters. The Morgan fingerprint density at radius 3 is 2.50 bits per heavy atom. The van der Waals surface area contributed by atoms with Crippen LogP contribution in [0.1, 0.15) is 32.4 Å². The second-order valence-electron chi connectivity index (χ2n) is 3.78. The SMILES string of the molecule is C=CN(C(C)=NC)c1cnc(C(C)C)cn1. The van der Waals surface area contributed by atoms with Gasteiger partial charge in [0.15, 0.2) is 5.82 Å². The third-order valence-corrected chi connectivity index (χ3v) is 2.35. The van der Waals surface area contributed by atoms with Gasteiger partial charge in [-0.25, -0.2) is 4.98 Å². The number of anilines is 1. The molecule has 0 saturated carbocycles. The summed E-state index contributed by atoms with van der Waals surface area (Å²) in [5, 5.41) is 0. The molecule has 0 N–H and O–H groups in total. The Morgan fingerprint density at radius 1 is 1.44 bits per heavy atom. The molecule has 86 valence electrons.